The first-order valence-electron chi connectivity index (χ1n) is 6.13. The SMILES string of the molecule is CCCCCN(C)c1nc(C)cc(/C(N)=N/O)n1. The van der Waals surface area contributed by atoms with Crippen LogP contribution in [0.1, 0.15) is 37.6 Å². The zero-order valence-corrected chi connectivity index (χ0v) is 11.2. The molecule has 3 N–H and O–H groups in total. The number of aromatic nitrogens is 2. The lowest BCUT2D eigenvalue weighted by Gasteiger charge is -2.17. The van der Waals surface area contributed by atoms with Crippen molar-refractivity contribution in [2.45, 2.75) is 33.1 Å². The van der Waals surface area contributed by atoms with Gasteiger partial charge in [0.1, 0.15) is 5.69 Å². The largest absolute Gasteiger partial charge is 0.409 e. The van der Waals surface area contributed by atoms with Crippen LogP contribution in [0.2, 0.25) is 0 Å². The molecule has 0 aliphatic rings. The average molecular weight is 251 g/mol. The number of nitrogens with zero attached hydrogens (tertiary/aromatic N) is 4. The summed E-state index contributed by atoms with van der Waals surface area (Å²) in [5.74, 6) is 0.608. The van der Waals surface area contributed by atoms with Crippen molar-refractivity contribution in [1.82, 2.24) is 9.97 Å². The standard InChI is InChI=1S/C12H21N5O/c1-4-5-6-7-17(3)12-14-9(2)8-10(15-12)11(13)16-18/h8,18H,4-7H2,1-3H3,(H2,13,16). The molecule has 6 heteroatoms. The molecule has 0 aliphatic heterocycles. The van der Waals surface area contributed by atoms with E-state index in [9.17, 15) is 0 Å². The Morgan fingerprint density at radius 2 is 2.17 bits per heavy atom. The molecule has 0 radical (unpaired) electrons. The summed E-state index contributed by atoms with van der Waals surface area (Å²) < 4.78 is 0. The van der Waals surface area contributed by atoms with E-state index in [1.54, 1.807) is 6.07 Å². The van der Waals surface area contributed by atoms with Gasteiger partial charge in [0.15, 0.2) is 5.84 Å². The van der Waals surface area contributed by atoms with E-state index in [1.807, 2.05) is 18.9 Å². The monoisotopic (exact) mass is 251 g/mol. The number of hydrogen-bond donors (Lipinski definition) is 2. The minimum absolute atomic E-state index is 0.00343. The Bertz CT molecular complexity index is 419. The van der Waals surface area contributed by atoms with Crippen molar-refractivity contribution in [2.24, 2.45) is 10.9 Å². The third-order valence-electron chi connectivity index (χ3n) is 2.65. The van der Waals surface area contributed by atoms with Crippen LogP contribution in [0.5, 0.6) is 0 Å². The highest BCUT2D eigenvalue weighted by atomic mass is 16.4. The molecule has 1 heterocycles. The first-order chi connectivity index (χ1) is 8.58. The van der Waals surface area contributed by atoms with Crippen LogP contribution in [0, 0.1) is 6.92 Å². The Kier molecular flexibility index (Phi) is 5.35. The highest BCUT2D eigenvalue weighted by Gasteiger charge is 2.09. The van der Waals surface area contributed by atoms with Gasteiger partial charge in [0.2, 0.25) is 5.95 Å². The maximum atomic E-state index is 8.67. The Labute approximate surface area is 108 Å². The highest BCUT2D eigenvalue weighted by Crippen LogP contribution is 2.10. The Hall–Kier alpha value is -1.85. The molecule has 0 aliphatic carbocycles. The second-order valence-corrected chi connectivity index (χ2v) is 4.31. The lowest BCUT2D eigenvalue weighted by molar-refractivity contribution is 0.318. The number of anilines is 1. The fourth-order valence-electron chi connectivity index (χ4n) is 1.61. The van der Waals surface area contributed by atoms with Crippen molar-refractivity contribution >= 4 is 11.8 Å². The summed E-state index contributed by atoms with van der Waals surface area (Å²) in [7, 11) is 1.94. The normalized spacial score (nSPS) is 11.6. The predicted octanol–water partition coefficient (Wildman–Crippen LogP) is 1.51. The van der Waals surface area contributed by atoms with E-state index in [2.05, 4.69) is 22.0 Å². The summed E-state index contributed by atoms with van der Waals surface area (Å²) in [5, 5.41) is 11.6. The van der Waals surface area contributed by atoms with Gasteiger partial charge in [-0.3, -0.25) is 0 Å². The Balaban J connectivity index is 2.85. The molecule has 0 unspecified atom stereocenters. The van der Waals surface area contributed by atoms with Crippen molar-refractivity contribution in [1.29, 1.82) is 0 Å². The zero-order valence-electron chi connectivity index (χ0n) is 11.2. The van der Waals surface area contributed by atoms with E-state index in [1.165, 1.54) is 12.8 Å². The van der Waals surface area contributed by atoms with Gasteiger partial charge in [-0.05, 0) is 19.4 Å². The second kappa shape index (κ2) is 6.78. The average Bonchev–Trinajstić information content (AvgIpc) is 2.37. The summed E-state index contributed by atoms with van der Waals surface area (Å²) in [4.78, 5) is 10.6. The van der Waals surface area contributed by atoms with Crippen molar-refractivity contribution in [3.63, 3.8) is 0 Å². The van der Waals surface area contributed by atoms with Crippen LogP contribution in [-0.4, -0.2) is 34.6 Å². The lowest BCUT2D eigenvalue weighted by atomic mass is 10.2. The molecule has 1 aromatic rings. The van der Waals surface area contributed by atoms with Gasteiger partial charge >= 0.3 is 0 Å². The summed E-state index contributed by atoms with van der Waals surface area (Å²) in [6, 6.07) is 1.69. The molecule has 1 rings (SSSR count). The van der Waals surface area contributed by atoms with E-state index < -0.39 is 0 Å². The fourth-order valence-corrected chi connectivity index (χ4v) is 1.61. The third kappa shape index (κ3) is 3.87. The van der Waals surface area contributed by atoms with E-state index in [0.717, 1.165) is 18.7 Å². The fraction of sp³-hybridized carbons (Fsp3) is 0.583. The number of nitrogens with two attached hydrogens (primary N) is 1. The van der Waals surface area contributed by atoms with Gasteiger partial charge in [0.05, 0.1) is 0 Å². The van der Waals surface area contributed by atoms with Crippen LogP contribution in [0.15, 0.2) is 11.2 Å². The van der Waals surface area contributed by atoms with Gasteiger partial charge in [0, 0.05) is 19.3 Å². The van der Waals surface area contributed by atoms with Gasteiger partial charge in [0.25, 0.3) is 0 Å². The van der Waals surface area contributed by atoms with Crippen LogP contribution in [0.25, 0.3) is 0 Å². The van der Waals surface area contributed by atoms with Gasteiger partial charge in [-0.1, -0.05) is 24.9 Å². The smallest absolute Gasteiger partial charge is 0.225 e. The van der Waals surface area contributed by atoms with Crippen molar-refractivity contribution in [3.05, 3.63) is 17.5 Å². The van der Waals surface area contributed by atoms with Crippen LogP contribution in [0.4, 0.5) is 5.95 Å². The van der Waals surface area contributed by atoms with Crippen molar-refractivity contribution in [3.8, 4) is 0 Å². The maximum Gasteiger partial charge on any atom is 0.225 e. The quantitative estimate of drug-likeness (QED) is 0.263. The molecule has 0 bridgehead atoms. The molecule has 100 valence electrons. The molecule has 0 saturated carbocycles. The summed E-state index contributed by atoms with van der Waals surface area (Å²) >= 11 is 0. The van der Waals surface area contributed by atoms with E-state index >= 15 is 0 Å². The van der Waals surface area contributed by atoms with Crippen LogP contribution in [0.3, 0.4) is 0 Å². The minimum Gasteiger partial charge on any atom is -0.409 e. The Morgan fingerprint density at radius 3 is 2.78 bits per heavy atom. The molecule has 0 saturated heterocycles. The summed E-state index contributed by atoms with van der Waals surface area (Å²) in [6.45, 7) is 4.92. The summed E-state index contributed by atoms with van der Waals surface area (Å²) in [6.07, 6.45) is 3.46. The molecule has 0 aromatic carbocycles. The molecule has 0 spiro atoms. The molecule has 0 atom stereocenters. The second-order valence-electron chi connectivity index (χ2n) is 4.31. The van der Waals surface area contributed by atoms with Gasteiger partial charge in [-0.2, -0.15) is 0 Å². The molecule has 18 heavy (non-hydrogen) atoms. The molecule has 6 nitrogen and oxygen atoms in total. The van der Waals surface area contributed by atoms with E-state index in [4.69, 9.17) is 10.9 Å². The van der Waals surface area contributed by atoms with E-state index in [0.29, 0.717) is 11.6 Å². The number of unbranched alkanes of at least 4 members (excludes halogenated alkanes) is 2. The van der Waals surface area contributed by atoms with Crippen molar-refractivity contribution in [2.75, 3.05) is 18.5 Å². The topological polar surface area (TPSA) is 87.6 Å². The van der Waals surface area contributed by atoms with Gasteiger partial charge in [-0.25, -0.2) is 9.97 Å². The number of aryl methyl sites for hydroxylation is 1. The first kappa shape index (κ1) is 14.2. The molecule has 0 amide bonds. The van der Waals surface area contributed by atoms with Gasteiger partial charge < -0.3 is 15.8 Å². The zero-order chi connectivity index (χ0) is 13.5. The number of rotatable bonds is 6. The van der Waals surface area contributed by atoms with Crippen LogP contribution in [-0.2, 0) is 0 Å². The van der Waals surface area contributed by atoms with Crippen LogP contribution >= 0.6 is 0 Å². The van der Waals surface area contributed by atoms with Crippen LogP contribution < -0.4 is 10.6 Å². The van der Waals surface area contributed by atoms with Gasteiger partial charge in [-0.15, -0.1) is 0 Å². The first-order valence-corrected chi connectivity index (χ1v) is 6.13. The van der Waals surface area contributed by atoms with Crippen molar-refractivity contribution < 1.29 is 5.21 Å². The van der Waals surface area contributed by atoms with E-state index in [-0.39, 0.29) is 5.84 Å². The molecule has 0 fully saturated rings. The number of oxime groups is 1. The maximum absolute atomic E-state index is 8.67. The number of amidine groups is 1. The Morgan fingerprint density at radius 1 is 1.44 bits per heavy atom. The summed E-state index contributed by atoms with van der Waals surface area (Å²) in [5.41, 5.74) is 6.79. The molecular formula is C12H21N5O. The minimum atomic E-state index is 0.00343. The lowest BCUT2D eigenvalue weighted by Crippen LogP contribution is -2.24. The molecular weight excluding hydrogens is 230 g/mol. The number of hydrogen-bond acceptors (Lipinski definition) is 5. The predicted molar refractivity (Wildman–Crippen MR) is 72.1 cm³/mol. The highest BCUT2D eigenvalue weighted by molar-refractivity contribution is 5.95. The molecule has 1 aromatic heterocycles. The third-order valence-corrected chi connectivity index (χ3v) is 2.65.